The Bertz CT molecular complexity index is 771. The summed E-state index contributed by atoms with van der Waals surface area (Å²) in [5, 5.41) is 2.79. The Kier molecular flexibility index (Phi) is 5.18. The zero-order chi connectivity index (χ0) is 17.6. The van der Waals surface area contributed by atoms with Crippen molar-refractivity contribution in [3.63, 3.8) is 0 Å². The van der Waals surface area contributed by atoms with Crippen LogP contribution >= 0.6 is 0 Å². The van der Waals surface area contributed by atoms with Crippen molar-refractivity contribution in [1.29, 1.82) is 0 Å². The van der Waals surface area contributed by atoms with E-state index in [1.54, 1.807) is 18.3 Å². The molecule has 3 rings (SSSR count). The number of carbonyl (C=O) groups is 1. The van der Waals surface area contributed by atoms with Crippen LogP contribution in [0.5, 0.6) is 23.1 Å². The van der Waals surface area contributed by atoms with Gasteiger partial charge in [0, 0.05) is 31.3 Å². The molecule has 1 aromatic carbocycles. The molecule has 0 unspecified atom stereocenters. The molecule has 1 amide bonds. The van der Waals surface area contributed by atoms with Gasteiger partial charge in [-0.3, -0.25) is 4.79 Å². The Morgan fingerprint density at radius 3 is 2.76 bits per heavy atom. The molecule has 0 fully saturated rings. The Hall–Kier alpha value is -3.02. The maximum Gasteiger partial charge on any atom is 0.219 e. The van der Waals surface area contributed by atoms with Crippen molar-refractivity contribution >= 4 is 12.0 Å². The summed E-state index contributed by atoms with van der Waals surface area (Å²) in [6.45, 7) is 4.50. The van der Waals surface area contributed by atoms with Crippen LogP contribution in [-0.4, -0.2) is 30.1 Å². The molecule has 6 nitrogen and oxygen atoms in total. The lowest BCUT2D eigenvalue weighted by molar-refractivity contribution is -0.119. The fourth-order valence-corrected chi connectivity index (χ4v) is 2.38. The number of hydrogen-bond acceptors (Lipinski definition) is 5. The lowest BCUT2D eigenvalue weighted by atomic mass is 10.2. The molecule has 0 aliphatic carbocycles. The second-order valence-electron chi connectivity index (χ2n) is 5.69. The fourth-order valence-electron chi connectivity index (χ4n) is 2.38. The Labute approximate surface area is 146 Å². The average molecular weight is 340 g/mol. The summed E-state index contributed by atoms with van der Waals surface area (Å²) >= 11 is 0. The van der Waals surface area contributed by atoms with Crippen molar-refractivity contribution in [2.75, 3.05) is 13.2 Å². The maximum absolute atomic E-state index is 11.0. The Morgan fingerprint density at radius 1 is 1.24 bits per heavy atom. The Balaban J connectivity index is 1.63. The second kappa shape index (κ2) is 7.70. The van der Waals surface area contributed by atoms with Crippen LogP contribution in [0.1, 0.15) is 19.4 Å². The third-order valence-electron chi connectivity index (χ3n) is 3.50. The van der Waals surface area contributed by atoms with Gasteiger partial charge in [0.1, 0.15) is 19.0 Å². The molecule has 1 aromatic heterocycles. The first-order valence-corrected chi connectivity index (χ1v) is 8.09. The van der Waals surface area contributed by atoms with Crippen molar-refractivity contribution in [2.45, 2.75) is 19.9 Å². The number of hydrogen-bond donors (Lipinski definition) is 1. The van der Waals surface area contributed by atoms with Crippen LogP contribution < -0.4 is 19.5 Å². The smallest absolute Gasteiger partial charge is 0.219 e. The number of fused-ring (bicyclic) bond motifs is 1. The predicted molar refractivity (Wildman–Crippen MR) is 94.1 cm³/mol. The van der Waals surface area contributed by atoms with Gasteiger partial charge in [-0.1, -0.05) is 12.2 Å². The monoisotopic (exact) mass is 340 g/mol. The van der Waals surface area contributed by atoms with Gasteiger partial charge in [-0.2, -0.15) is 0 Å². The molecule has 0 radical (unpaired) electrons. The van der Waals surface area contributed by atoms with Gasteiger partial charge < -0.3 is 19.5 Å². The molecule has 2 aromatic rings. The molecular weight excluding hydrogens is 320 g/mol. The van der Waals surface area contributed by atoms with E-state index in [0.29, 0.717) is 30.6 Å². The highest BCUT2D eigenvalue weighted by atomic mass is 16.6. The van der Waals surface area contributed by atoms with Gasteiger partial charge in [0.25, 0.3) is 0 Å². The van der Waals surface area contributed by atoms with E-state index in [1.165, 1.54) is 6.92 Å². The van der Waals surface area contributed by atoms with Crippen LogP contribution in [-0.2, 0) is 4.79 Å². The van der Waals surface area contributed by atoms with Gasteiger partial charge in [-0.05, 0) is 30.7 Å². The number of nitrogens with one attached hydrogen (secondary N) is 1. The second-order valence-corrected chi connectivity index (χ2v) is 5.69. The standard InChI is InChI=1S/C19H20N2O4/c1-13(21-14(2)22)3-4-15-5-8-19(20-12-15)25-16-6-7-17-18(11-16)24-10-9-23-17/h3-8,11-13H,9-10H2,1-2H3,(H,21,22)/b4-3+/t13-/m0/s1. The largest absolute Gasteiger partial charge is 0.486 e. The van der Waals surface area contributed by atoms with Crippen molar-refractivity contribution in [3.8, 4) is 23.1 Å². The van der Waals surface area contributed by atoms with Gasteiger partial charge in [0.05, 0.1) is 0 Å². The van der Waals surface area contributed by atoms with Gasteiger partial charge in [0.2, 0.25) is 11.8 Å². The first-order valence-electron chi connectivity index (χ1n) is 8.09. The van der Waals surface area contributed by atoms with Gasteiger partial charge in [0.15, 0.2) is 11.5 Å². The summed E-state index contributed by atoms with van der Waals surface area (Å²) < 4.78 is 16.8. The number of rotatable bonds is 5. The van der Waals surface area contributed by atoms with E-state index in [9.17, 15) is 4.79 Å². The highest BCUT2D eigenvalue weighted by molar-refractivity contribution is 5.73. The highest BCUT2D eigenvalue weighted by Crippen LogP contribution is 2.34. The summed E-state index contributed by atoms with van der Waals surface area (Å²) in [6.07, 6.45) is 5.52. The molecule has 1 aliphatic rings. The minimum atomic E-state index is -0.0570. The highest BCUT2D eigenvalue weighted by Gasteiger charge is 2.12. The van der Waals surface area contributed by atoms with Crippen LogP contribution in [0.4, 0.5) is 0 Å². The number of carbonyl (C=O) groups excluding carboxylic acids is 1. The molecule has 1 aliphatic heterocycles. The number of nitrogens with zero attached hydrogens (tertiary/aromatic N) is 1. The summed E-state index contributed by atoms with van der Waals surface area (Å²) in [4.78, 5) is 15.3. The SMILES string of the molecule is CC(=O)N[C@@H](C)/C=C/c1ccc(Oc2ccc3c(c2)OCCO3)nc1. The minimum absolute atomic E-state index is 0.0360. The maximum atomic E-state index is 11.0. The Morgan fingerprint density at radius 2 is 2.04 bits per heavy atom. The van der Waals surface area contributed by atoms with Crippen LogP contribution in [0.2, 0.25) is 0 Å². The first kappa shape index (κ1) is 16.8. The molecule has 0 saturated heterocycles. The molecule has 2 heterocycles. The number of pyridine rings is 1. The van der Waals surface area contributed by atoms with Crippen molar-refractivity contribution in [3.05, 3.63) is 48.2 Å². The summed E-state index contributed by atoms with van der Waals surface area (Å²) in [5.41, 5.74) is 0.923. The summed E-state index contributed by atoms with van der Waals surface area (Å²) in [6, 6.07) is 9.09. The third-order valence-corrected chi connectivity index (χ3v) is 3.50. The number of amides is 1. The molecule has 0 bridgehead atoms. The number of aromatic nitrogens is 1. The molecule has 25 heavy (non-hydrogen) atoms. The van der Waals surface area contributed by atoms with Crippen LogP contribution in [0.15, 0.2) is 42.6 Å². The van der Waals surface area contributed by atoms with E-state index in [-0.39, 0.29) is 11.9 Å². The molecular formula is C19H20N2O4. The van der Waals surface area contributed by atoms with E-state index in [4.69, 9.17) is 14.2 Å². The molecule has 6 heteroatoms. The van der Waals surface area contributed by atoms with E-state index in [1.807, 2.05) is 37.3 Å². The van der Waals surface area contributed by atoms with Crippen LogP contribution in [0.25, 0.3) is 6.08 Å². The molecule has 0 saturated carbocycles. The van der Waals surface area contributed by atoms with Crippen molar-refractivity contribution < 1.29 is 19.0 Å². The number of ether oxygens (including phenoxy) is 3. The first-order chi connectivity index (χ1) is 12.1. The normalized spacial score (nSPS) is 14.2. The molecule has 130 valence electrons. The van der Waals surface area contributed by atoms with Gasteiger partial charge in [-0.25, -0.2) is 4.98 Å². The van der Waals surface area contributed by atoms with Gasteiger partial charge >= 0.3 is 0 Å². The van der Waals surface area contributed by atoms with Crippen molar-refractivity contribution in [1.82, 2.24) is 10.3 Å². The van der Waals surface area contributed by atoms with Crippen molar-refractivity contribution in [2.24, 2.45) is 0 Å². The van der Waals surface area contributed by atoms with Gasteiger partial charge in [-0.15, -0.1) is 0 Å². The lowest BCUT2D eigenvalue weighted by Crippen LogP contribution is -2.28. The molecule has 1 atom stereocenters. The predicted octanol–water partition coefficient (Wildman–Crippen LogP) is 3.18. The lowest BCUT2D eigenvalue weighted by Gasteiger charge is -2.18. The van der Waals surface area contributed by atoms with E-state index >= 15 is 0 Å². The number of benzene rings is 1. The quantitative estimate of drug-likeness (QED) is 0.905. The topological polar surface area (TPSA) is 69.7 Å². The molecule has 0 spiro atoms. The van der Waals surface area contributed by atoms with E-state index < -0.39 is 0 Å². The zero-order valence-electron chi connectivity index (χ0n) is 14.2. The summed E-state index contributed by atoms with van der Waals surface area (Å²) in [7, 11) is 0. The minimum Gasteiger partial charge on any atom is -0.486 e. The van der Waals surface area contributed by atoms with Crippen LogP contribution in [0, 0.1) is 0 Å². The zero-order valence-corrected chi connectivity index (χ0v) is 14.2. The van der Waals surface area contributed by atoms with E-state index in [0.717, 1.165) is 11.3 Å². The third kappa shape index (κ3) is 4.73. The average Bonchev–Trinajstić information content (AvgIpc) is 2.60. The summed E-state index contributed by atoms with van der Waals surface area (Å²) in [5.74, 6) is 2.47. The molecule has 1 N–H and O–H groups in total. The van der Waals surface area contributed by atoms with Crippen LogP contribution in [0.3, 0.4) is 0 Å². The van der Waals surface area contributed by atoms with E-state index in [2.05, 4.69) is 10.3 Å². The fraction of sp³-hybridized carbons (Fsp3) is 0.263.